The number of aryl methyl sites for hydroxylation is 1. The molecule has 0 unspecified atom stereocenters. The fourth-order valence-electron chi connectivity index (χ4n) is 3.22. The van der Waals surface area contributed by atoms with Gasteiger partial charge in [0.2, 0.25) is 10.0 Å². The van der Waals surface area contributed by atoms with Gasteiger partial charge in [-0.2, -0.15) is 4.31 Å². The zero-order chi connectivity index (χ0) is 15.6. The topological polar surface area (TPSA) is 37.4 Å². The first-order valence-electron chi connectivity index (χ1n) is 7.97. The van der Waals surface area contributed by atoms with Crippen molar-refractivity contribution in [2.45, 2.75) is 31.1 Å². The standard InChI is InChI=1S/C18H23NO2S/c1-15-8-10-18(11-9-15)22(20,21)19-13-12-16-6-4-2-3-5-7-17(16)14-19/h4-11,16-17H,2-3,12-14H2,1H3/b6-4-,7-5-/t16-,17+/m1/s1. The summed E-state index contributed by atoms with van der Waals surface area (Å²) in [6.07, 6.45) is 12.0. The molecule has 1 aliphatic carbocycles. The van der Waals surface area contributed by atoms with Crippen LogP contribution in [-0.4, -0.2) is 25.8 Å². The highest BCUT2D eigenvalue weighted by atomic mass is 32.2. The number of piperidine rings is 1. The smallest absolute Gasteiger partial charge is 0.207 e. The monoisotopic (exact) mass is 317 g/mol. The third-order valence-electron chi connectivity index (χ3n) is 4.60. The summed E-state index contributed by atoms with van der Waals surface area (Å²) in [5, 5.41) is 0. The van der Waals surface area contributed by atoms with E-state index in [0.29, 0.717) is 29.8 Å². The fraction of sp³-hybridized carbons (Fsp3) is 0.444. The van der Waals surface area contributed by atoms with Crippen LogP contribution in [0.1, 0.15) is 24.8 Å². The van der Waals surface area contributed by atoms with Gasteiger partial charge in [0.25, 0.3) is 0 Å². The van der Waals surface area contributed by atoms with E-state index < -0.39 is 10.0 Å². The minimum Gasteiger partial charge on any atom is -0.207 e. The molecule has 0 amide bonds. The molecule has 3 rings (SSSR count). The van der Waals surface area contributed by atoms with Gasteiger partial charge in [-0.15, -0.1) is 0 Å². The van der Waals surface area contributed by atoms with Crippen molar-refractivity contribution in [2.24, 2.45) is 11.8 Å². The minimum atomic E-state index is -3.38. The minimum absolute atomic E-state index is 0.297. The predicted molar refractivity (Wildman–Crippen MR) is 89.0 cm³/mol. The van der Waals surface area contributed by atoms with E-state index in [2.05, 4.69) is 24.3 Å². The number of nitrogens with zero attached hydrogens (tertiary/aromatic N) is 1. The number of sulfonamides is 1. The average Bonchev–Trinajstić information content (AvgIpc) is 2.48. The molecule has 1 aromatic carbocycles. The van der Waals surface area contributed by atoms with E-state index in [9.17, 15) is 8.42 Å². The molecule has 1 fully saturated rings. The molecule has 22 heavy (non-hydrogen) atoms. The number of fused-ring (bicyclic) bond motifs is 1. The average molecular weight is 317 g/mol. The van der Waals surface area contributed by atoms with E-state index in [1.54, 1.807) is 16.4 Å². The van der Waals surface area contributed by atoms with Crippen molar-refractivity contribution in [2.75, 3.05) is 13.1 Å². The van der Waals surface area contributed by atoms with Crippen molar-refractivity contribution in [1.29, 1.82) is 0 Å². The predicted octanol–water partition coefficient (Wildman–Crippen LogP) is 3.53. The van der Waals surface area contributed by atoms with Crippen molar-refractivity contribution in [3.63, 3.8) is 0 Å². The molecule has 2 atom stereocenters. The largest absolute Gasteiger partial charge is 0.243 e. The Balaban J connectivity index is 1.82. The highest BCUT2D eigenvalue weighted by Gasteiger charge is 2.33. The first-order chi connectivity index (χ1) is 10.6. The van der Waals surface area contributed by atoms with Crippen LogP contribution in [0.25, 0.3) is 0 Å². The van der Waals surface area contributed by atoms with Crippen LogP contribution in [0.4, 0.5) is 0 Å². The molecule has 0 N–H and O–H groups in total. The lowest BCUT2D eigenvalue weighted by molar-refractivity contribution is 0.252. The molecule has 1 aromatic rings. The molecule has 1 heterocycles. The normalized spacial score (nSPS) is 29.1. The third-order valence-corrected chi connectivity index (χ3v) is 6.48. The second-order valence-corrected chi connectivity index (χ2v) is 8.16. The maximum Gasteiger partial charge on any atom is 0.243 e. The van der Waals surface area contributed by atoms with E-state index in [-0.39, 0.29) is 0 Å². The molecule has 3 nitrogen and oxygen atoms in total. The summed E-state index contributed by atoms with van der Waals surface area (Å²) < 4.78 is 27.3. The van der Waals surface area contributed by atoms with Gasteiger partial charge < -0.3 is 0 Å². The van der Waals surface area contributed by atoms with Crippen LogP contribution >= 0.6 is 0 Å². The molecule has 1 aliphatic heterocycles. The van der Waals surface area contributed by atoms with Gasteiger partial charge in [0.15, 0.2) is 0 Å². The molecule has 118 valence electrons. The van der Waals surface area contributed by atoms with E-state index >= 15 is 0 Å². The second-order valence-electron chi connectivity index (χ2n) is 6.23. The summed E-state index contributed by atoms with van der Waals surface area (Å²) in [7, 11) is -3.38. The van der Waals surface area contributed by atoms with Crippen LogP contribution in [0.5, 0.6) is 0 Å². The van der Waals surface area contributed by atoms with Crippen LogP contribution in [0.15, 0.2) is 53.5 Å². The Bertz CT molecular complexity index is 674. The van der Waals surface area contributed by atoms with Crippen LogP contribution in [-0.2, 0) is 10.0 Å². The number of allylic oxidation sites excluding steroid dienone is 3. The molecule has 0 saturated carbocycles. The summed E-state index contributed by atoms with van der Waals surface area (Å²) in [4.78, 5) is 0.405. The molecule has 2 aliphatic rings. The summed E-state index contributed by atoms with van der Waals surface area (Å²) >= 11 is 0. The van der Waals surface area contributed by atoms with Gasteiger partial charge in [-0.25, -0.2) is 8.42 Å². The quantitative estimate of drug-likeness (QED) is 0.783. The Kier molecular flexibility index (Phi) is 4.50. The Labute approximate surface area is 133 Å². The third kappa shape index (κ3) is 3.18. The van der Waals surface area contributed by atoms with E-state index in [1.165, 1.54) is 0 Å². The first-order valence-corrected chi connectivity index (χ1v) is 9.41. The maximum atomic E-state index is 12.8. The molecule has 1 saturated heterocycles. The number of hydrogen-bond donors (Lipinski definition) is 0. The van der Waals surface area contributed by atoms with Gasteiger partial charge in [0.1, 0.15) is 0 Å². The Morgan fingerprint density at radius 1 is 1.00 bits per heavy atom. The Hall–Kier alpha value is -1.39. The van der Waals surface area contributed by atoms with Gasteiger partial charge >= 0.3 is 0 Å². The van der Waals surface area contributed by atoms with Crippen LogP contribution in [0, 0.1) is 18.8 Å². The zero-order valence-electron chi connectivity index (χ0n) is 13.0. The number of hydrogen-bond acceptors (Lipinski definition) is 2. The lowest BCUT2D eigenvalue weighted by atomic mass is 9.84. The van der Waals surface area contributed by atoms with Crippen molar-refractivity contribution in [1.82, 2.24) is 4.31 Å². The SMILES string of the molecule is Cc1ccc(S(=O)(=O)N2CC[C@H]3/C=C\CC/C=C\[C@H]3C2)cc1. The van der Waals surface area contributed by atoms with Gasteiger partial charge in [-0.3, -0.25) is 0 Å². The zero-order valence-corrected chi connectivity index (χ0v) is 13.8. The Morgan fingerprint density at radius 3 is 2.32 bits per heavy atom. The summed E-state index contributed by atoms with van der Waals surface area (Å²) in [5.74, 6) is 0.770. The van der Waals surface area contributed by atoms with E-state index in [4.69, 9.17) is 0 Å². The van der Waals surface area contributed by atoms with Crippen molar-refractivity contribution < 1.29 is 8.42 Å². The molecule has 0 aromatic heterocycles. The highest BCUT2D eigenvalue weighted by Crippen LogP contribution is 2.31. The summed E-state index contributed by atoms with van der Waals surface area (Å²) in [6, 6.07) is 7.14. The molecule has 0 bridgehead atoms. The molecular formula is C18H23NO2S. The van der Waals surface area contributed by atoms with Crippen LogP contribution in [0.2, 0.25) is 0 Å². The van der Waals surface area contributed by atoms with Crippen LogP contribution < -0.4 is 0 Å². The van der Waals surface area contributed by atoms with Gasteiger partial charge in [-0.05, 0) is 50.2 Å². The fourth-order valence-corrected chi connectivity index (χ4v) is 4.72. The second kappa shape index (κ2) is 6.39. The molecule has 0 radical (unpaired) electrons. The molecular weight excluding hydrogens is 294 g/mol. The lowest BCUT2D eigenvalue weighted by Crippen LogP contribution is -2.42. The van der Waals surface area contributed by atoms with Crippen LogP contribution in [0.3, 0.4) is 0 Å². The van der Waals surface area contributed by atoms with Gasteiger partial charge in [0, 0.05) is 13.1 Å². The van der Waals surface area contributed by atoms with Crippen molar-refractivity contribution in [3.8, 4) is 0 Å². The van der Waals surface area contributed by atoms with Crippen molar-refractivity contribution >= 4 is 10.0 Å². The number of rotatable bonds is 2. The maximum absolute atomic E-state index is 12.8. The molecule has 0 spiro atoms. The lowest BCUT2D eigenvalue weighted by Gasteiger charge is -2.35. The van der Waals surface area contributed by atoms with Gasteiger partial charge in [0.05, 0.1) is 4.90 Å². The summed E-state index contributed by atoms with van der Waals surface area (Å²) in [6.45, 7) is 3.16. The Morgan fingerprint density at radius 2 is 1.64 bits per heavy atom. The molecule has 4 heteroatoms. The number of benzene rings is 1. The van der Waals surface area contributed by atoms with Crippen molar-refractivity contribution in [3.05, 3.63) is 54.1 Å². The summed E-state index contributed by atoms with van der Waals surface area (Å²) in [5.41, 5.74) is 1.07. The first kappa shape index (κ1) is 15.5. The van der Waals surface area contributed by atoms with Gasteiger partial charge in [-0.1, -0.05) is 42.0 Å². The van der Waals surface area contributed by atoms with E-state index in [1.807, 2.05) is 19.1 Å². The van der Waals surface area contributed by atoms with E-state index in [0.717, 1.165) is 24.8 Å². The highest BCUT2D eigenvalue weighted by molar-refractivity contribution is 7.89.